The van der Waals surface area contributed by atoms with E-state index >= 15 is 0 Å². The van der Waals surface area contributed by atoms with Crippen LogP contribution in [-0.4, -0.2) is 12.1 Å². The molecular formula is C14H13F3N4O2. The second-order valence-electron chi connectivity index (χ2n) is 5.00. The molecule has 1 aromatic carbocycles. The number of benzene rings is 1. The Labute approximate surface area is 129 Å². The zero-order valence-corrected chi connectivity index (χ0v) is 12.1. The van der Waals surface area contributed by atoms with Crippen molar-refractivity contribution in [3.63, 3.8) is 0 Å². The fraction of sp³-hybridized carbons (Fsp3) is 0.357. The fourth-order valence-corrected chi connectivity index (χ4v) is 1.82. The Morgan fingerprint density at radius 2 is 2.04 bits per heavy atom. The minimum Gasteiger partial charge on any atom is -0.300 e. The molecular weight excluding hydrogens is 313 g/mol. The number of nitrogens with one attached hydrogen (secondary N) is 1. The van der Waals surface area contributed by atoms with Gasteiger partial charge in [-0.2, -0.15) is 23.3 Å². The van der Waals surface area contributed by atoms with Gasteiger partial charge >= 0.3 is 6.18 Å². The van der Waals surface area contributed by atoms with Gasteiger partial charge in [-0.15, -0.1) is 4.91 Å². The predicted octanol–water partition coefficient (Wildman–Crippen LogP) is 3.47. The molecule has 0 unspecified atom stereocenters. The summed E-state index contributed by atoms with van der Waals surface area (Å²) in [6, 6.07) is 4.58. The molecule has 0 saturated heterocycles. The van der Waals surface area contributed by atoms with E-state index in [9.17, 15) is 23.0 Å². The third-order valence-electron chi connectivity index (χ3n) is 3.32. The van der Waals surface area contributed by atoms with Crippen molar-refractivity contribution in [3.05, 3.63) is 57.0 Å². The van der Waals surface area contributed by atoms with Crippen molar-refractivity contribution in [3.8, 4) is 6.07 Å². The van der Waals surface area contributed by atoms with Gasteiger partial charge in [-0.3, -0.25) is 0 Å². The highest BCUT2D eigenvalue weighted by molar-refractivity contribution is 5.42. The zero-order valence-electron chi connectivity index (χ0n) is 12.1. The molecule has 0 aromatic heterocycles. The third kappa shape index (κ3) is 4.43. The van der Waals surface area contributed by atoms with Crippen LogP contribution in [0.4, 0.5) is 13.2 Å². The molecule has 0 radical (unpaired) electrons. The molecule has 23 heavy (non-hydrogen) atoms. The first kappa shape index (κ1) is 18.4. The lowest BCUT2D eigenvalue weighted by molar-refractivity contribution is -0.137. The molecule has 0 aliphatic rings. The first-order chi connectivity index (χ1) is 10.7. The van der Waals surface area contributed by atoms with Gasteiger partial charge in [-0.05, 0) is 29.8 Å². The van der Waals surface area contributed by atoms with Gasteiger partial charge in [-0.25, -0.2) is 0 Å². The lowest BCUT2D eigenvalue weighted by Gasteiger charge is -2.26. The molecule has 1 N–H and O–H groups in total. The van der Waals surface area contributed by atoms with Crippen LogP contribution in [0.3, 0.4) is 0 Å². The van der Waals surface area contributed by atoms with Crippen LogP contribution in [0.1, 0.15) is 23.6 Å². The van der Waals surface area contributed by atoms with Gasteiger partial charge in [0.15, 0.2) is 0 Å². The van der Waals surface area contributed by atoms with Crippen molar-refractivity contribution < 1.29 is 13.2 Å². The summed E-state index contributed by atoms with van der Waals surface area (Å²) in [6.45, 7) is 4.54. The monoisotopic (exact) mass is 326 g/mol. The number of rotatable bonds is 7. The number of nitrogens with zero attached hydrogens (tertiary/aromatic N) is 3. The van der Waals surface area contributed by atoms with Gasteiger partial charge < -0.3 is 5.32 Å². The van der Waals surface area contributed by atoms with Crippen LogP contribution in [0, 0.1) is 21.1 Å². The molecule has 0 heterocycles. The molecule has 0 aliphatic heterocycles. The van der Waals surface area contributed by atoms with Crippen molar-refractivity contribution in [1.82, 2.24) is 5.32 Å². The minimum absolute atomic E-state index is 0.00657. The van der Waals surface area contributed by atoms with Crippen LogP contribution in [0.15, 0.2) is 40.8 Å². The Balaban J connectivity index is 3.02. The average molecular weight is 326 g/mol. The minimum atomic E-state index is -4.62. The number of hydrogen-bond acceptors (Lipinski definition) is 6. The van der Waals surface area contributed by atoms with Crippen molar-refractivity contribution in [2.75, 3.05) is 6.54 Å². The quantitative estimate of drug-likeness (QED) is 0.776. The zero-order chi connectivity index (χ0) is 17.7. The molecule has 1 rings (SSSR count). The predicted molar refractivity (Wildman–Crippen MR) is 77.0 cm³/mol. The van der Waals surface area contributed by atoms with Crippen LogP contribution in [0.5, 0.6) is 0 Å². The van der Waals surface area contributed by atoms with Gasteiger partial charge in [0, 0.05) is 6.54 Å². The summed E-state index contributed by atoms with van der Waals surface area (Å²) in [5.41, 5.74) is -2.56. The molecule has 6 nitrogen and oxygen atoms in total. The highest BCUT2D eigenvalue weighted by Gasteiger charge is 2.34. The maximum absolute atomic E-state index is 12.7. The van der Waals surface area contributed by atoms with Crippen LogP contribution >= 0.6 is 0 Å². The van der Waals surface area contributed by atoms with E-state index in [4.69, 9.17) is 5.26 Å². The SMILES string of the molecule is C=C(N=O)[C@@](C)(CN=O)NCc1ccc(C(F)(F)F)c(C#N)c1. The van der Waals surface area contributed by atoms with Gasteiger partial charge in [-0.1, -0.05) is 17.8 Å². The van der Waals surface area contributed by atoms with E-state index in [2.05, 4.69) is 22.2 Å². The summed E-state index contributed by atoms with van der Waals surface area (Å²) in [5, 5.41) is 17.0. The van der Waals surface area contributed by atoms with E-state index in [1.54, 1.807) is 0 Å². The number of nitriles is 1. The molecule has 1 aromatic rings. The Bertz CT molecular complexity index is 667. The summed E-state index contributed by atoms with van der Waals surface area (Å²) in [6.07, 6.45) is -4.62. The van der Waals surface area contributed by atoms with Crippen molar-refractivity contribution >= 4 is 0 Å². The van der Waals surface area contributed by atoms with E-state index in [0.29, 0.717) is 5.56 Å². The summed E-state index contributed by atoms with van der Waals surface area (Å²) in [7, 11) is 0. The molecule has 0 saturated carbocycles. The average Bonchev–Trinajstić information content (AvgIpc) is 2.51. The number of hydrogen-bond donors (Lipinski definition) is 1. The molecule has 122 valence electrons. The second kappa shape index (κ2) is 7.11. The van der Waals surface area contributed by atoms with Gasteiger partial charge in [0.2, 0.25) is 0 Å². The maximum atomic E-state index is 12.7. The standard InChI is InChI=1S/C14H13F3N4O2/c1-9(21-23)13(2,8-20-22)19-7-10-3-4-12(14(15,16)17)11(5-10)6-18/h3-5,19H,1,7-8H2,2H3/t13-/m1/s1. The third-order valence-corrected chi connectivity index (χ3v) is 3.32. The molecule has 0 amide bonds. The lowest BCUT2D eigenvalue weighted by Crippen LogP contribution is -2.45. The van der Waals surface area contributed by atoms with E-state index in [-0.39, 0.29) is 18.8 Å². The van der Waals surface area contributed by atoms with E-state index in [1.807, 2.05) is 0 Å². The molecule has 0 bridgehead atoms. The summed E-state index contributed by atoms with van der Waals surface area (Å²) in [5.74, 6) is 0. The van der Waals surface area contributed by atoms with Crippen molar-refractivity contribution in [2.45, 2.75) is 25.2 Å². The number of nitroso groups, excluding NO2 is 2. The molecule has 9 heteroatoms. The lowest BCUT2D eigenvalue weighted by atomic mass is 9.98. The summed E-state index contributed by atoms with van der Waals surface area (Å²) >= 11 is 0. The largest absolute Gasteiger partial charge is 0.417 e. The van der Waals surface area contributed by atoms with Gasteiger partial charge in [0.05, 0.1) is 28.4 Å². The van der Waals surface area contributed by atoms with Gasteiger partial charge in [0.25, 0.3) is 0 Å². The first-order valence-electron chi connectivity index (χ1n) is 6.35. The first-order valence-corrected chi connectivity index (χ1v) is 6.35. The highest BCUT2D eigenvalue weighted by atomic mass is 19.4. The Kier molecular flexibility index (Phi) is 5.70. The van der Waals surface area contributed by atoms with E-state index in [1.165, 1.54) is 19.1 Å². The summed E-state index contributed by atoms with van der Waals surface area (Å²) < 4.78 is 38.2. The molecule has 0 fully saturated rings. The van der Waals surface area contributed by atoms with Crippen LogP contribution in [0.25, 0.3) is 0 Å². The summed E-state index contributed by atoms with van der Waals surface area (Å²) in [4.78, 5) is 21.1. The van der Waals surface area contributed by atoms with Crippen LogP contribution in [0.2, 0.25) is 0 Å². The molecule has 0 aliphatic carbocycles. The smallest absolute Gasteiger partial charge is 0.300 e. The van der Waals surface area contributed by atoms with E-state index in [0.717, 1.165) is 12.1 Å². The van der Waals surface area contributed by atoms with Crippen LogP contribution in [-0.2, 0) is 12.7 Å². The number of halogens is 3. The fourth-order valence-electron chi connectivity index (χ4n) is 1.82. The maximum Gasteiger partial charge on any atom is 0.417 e. The molecule has 0 spiro atoms. The Hall–Kier alpha value is -2.60. The van der Waals surface area contributed by atoms with E-state index < -0.39 is 22.8 Å². The Morgan fingerprint density at radius 1 is 1.39 bits per heavy atom. The normalized spacial score (nSPS) is 13.7. The van der Waals surface area contributed by atoms with Crippen LogP contribution < -0.4 is 5.32 Å². The molecule has 1 atom stereocenters. The number of alkyl halides is 3. The topological polar surface area (TPSA) is 94.7 Å². The van der Waals surface area contributed by atoms with Gasteiger partial charge in [0.1, 0.15) is 6.54 Å². The van der Waals surface area contributed by atoms with Crippen molar-refractivity contribution in [1.29, 1.82) is 5.26 Å². The van der Waals surface area contributed by atoms with Crippen molar-refractivity contribution in [2.24, 2.45) is 10.4 Å². The second-order valence-corrected chi connectivity index (χ2v) is 5.00. The Morgan fingerprint density at radius 3 is 2.52 bits per heavy atom. The highest BCUT2D eigenvalue weighted by Crippen LogP contribution is 2.32.